The normalized spacial score (nSPS) is 9.83. The molecular formula is C12H8BrFN4. The molecule has 0 aliphatic carbocycles. The fraction of sp³-hybridized carbons (Fsp3) is 0.0833. The van der Waals surface area contributed by atoms with Gasteiger partial charge in [-0.15, -0.1) is 0 Å². The summed E-state index contributed by atoms with van der Waals surface area (Å²) in [6, 6.07) is 8.14. The van der Waals surface area contributed by atoms with E-state index in [4.69, 9.17) is 5.26 Å². The van der Waals surface area contributed by atoms with Crippen molar-refractivity contribution in [1.82, 2.24) is 9.97 Å². The summed E-state index contributed by atoms with van der Waals surface area (Å²) < 4.78 is 14.3. The van der Waals surface area contributed by atoms with Gasteiger partial charge in [0.25, 0.3) is 0 Å². The van der Waals surface area contributed by atoms with Crippen molar-refractivity contribution < 1.29 is 4.39 Å². The van der Waals surface area contributed by atoms with Gasteiger partial charge in [-0.1, -0.05) is 15.9 Å². The van der Waals surface area contributed by atoms with Crippen molar-refractivity contribution in [3.05, 3.63) is 52.1 Å². The monoisotopic (exact) mass is 306 g/mol. The number of nitriles is 1. The van der Waals surface area contributed by atoms with Crippen molar-refractivity contribution in [2.75, 3.05) is 5.32 Å². The van der Waals surface area contributed by atoms with Gasteiger partial charge < -0.3 is 5.32 Å². The number of anilines is 1. The lowest BCUT2D eigenvalue weighted by atomic mass is 10.2. The maximum atomic E-state index is 13.5. The van der Waals surface area contributed by atoms with E-state index in [0.717, 1.165) is 4.47 Å². The number of hydrogen-bond acceptors (Lipinski definition) is 4. The Morgan fingerprint density at radius 2 is 2.17 bits per heavy atom. The van der Waals surface area contributed by atoms with Crippen molar-refractivity contribution in [3.8, 4) is 6.07 Å². The number of hydrogen-bond donors (Lipinski definition) is 1. The molecule has 1 aromatic heterocycles. The van der Waals surface area contributed by atoms with Gasteiger partial charge >= 0.3 is 0 Å². The van der Waals surface area contributed by atoms with Crippen LogP contribution in [0.5, 0.6) is 0 Å². The van der Waals surface area contributed by atoms with Crippen molar-refractivity contribution in [3.63, 3.8) is 0 Å². The van der Waals surface area contributed by atoms with Crippen LogP contribution in [0.1, 0.15) is 11.3 Å². The van der Waals surface area contributed by atoms with Crippen LogP contribution in [0.15, 0.2) is 35.1 Å². The highest BCUT2D eigenvalue weighted by Crippen LogP contribution is 2.16. The van der Waals surface area contributed by atoms with Gasteiger partial charge in [0.15, 0.2) is 0 Å². The summed E-state index contributed by atoms with van der Waals surface area (Å²) in [4.78, 5) is 7.70. The molecule has 0 aliphatic heterocycles. The third-order valence-corrected chi connectivity index (χ3v) is 2.74. The number of rotatable bonds is 3. The van der Waals surface area contributed by atoms with Gasteiger partial charge in [-0.2, -0.15) is 5.26 Å². The molecule has 1 aromatic carbocycles. The minimum Gasteiger partial charge on any atom is -0.366 e. The second-order valence-corrected chi connectivity index (χ2v) is 4.41. The summed E-state index contributed by atoms with van der Waals surface area (Å²) in [5.74, 6) is 0.196. The van der Waals surface area contributed by atoms with E-state index in [1.54, 1.807) is 12.1 Å². The Morgan fingerprint density at radius 1 is 1.33 bits per heavy atom. The molecule has 2 aromatic rings. The van der Waals surface area contributed by atoms with E-state index in [1.165, 1.54) is 18.5 Å². The van der Waals surface area contributed by atoms with Gasteiger partial charge in [-0.3, -0.25) is 0 Å². The Balaban J connectivity index is 2.11. The zero-order valence-corrected chi connectivity index (χ0v) is 10.8. The number of nitrogens with zero attached hydrogens (tertiary/aromatic N) is 3. The number of halogens is 2. The van der Waals surface area contributed by atoms with E-state index in [9.17, 15) is 4.39 Å². The SMILES string of the molecule is N#Cc1cc(NCc2cc(Br)ccc2F)ncn1. The molecule has 0 amide bonds. The van der Waals surface area contributed by atoms with Crippen LogP contribution in [0.3, 0.4) is 0 Å². The zero-order valence-electron chi connectivity index (χ0n) is 9.19. The largest absolute Gasteiger partial charge is 0.366 e. The van der Waals surface area contributed by atoms with Crippen molar-refractivity contribution >= 4 is 21.7 Å². The molecule has 0 unspecified atom stereocenters. The summed E-state index contributed by atoms with van der Waals surface area (Å²) in [7, 11) is 0. The van der Waals surface area contributed by atoms with E-state index in [2.05, 4.69) is 31.2 Å². The van der Waals surface area contributed by atoms with Crippen molar-refractivity contribution in [2.24, 2.45) is 0 Å². The molecule has 0 bridgehead atoms. The second-order valence-electron chi connectivity index (χ2n) is 3.49. The Morgan fingerprint density at radius 3 is 2.94 bits per heavy atom. The molecule has 2 rings (SSSR count). The lowest BCUT2D eigenvalue weighted by molar-refractivity contribution is 0.612. The molecular weight excluding hydrogens is 299 g/mol. The number of aromatic nitrogens is 2. The van der Waals surface area contributed by atoms with Crippen LogP contribution < -0.4 is 5.32 Å². The molecule has 0 spiro atoms. The first-order chi connectivity index (χ1) is 8.69. The standard InChI is InChI=1S/C12H8BrFN4/c13-9-1-2-11(14)8(3-9)6-16-12-4-10(5-15)17-7-18-12/h1-4,7H,6H2,(H,16,17,18). The first kappa shape index (κ1) is 12.5. The molecule has 0 radical (unpaired) electrons. The van der Waals surface area contributed by atoms with Crippen LogP contribution in [-0.2, 0) is 6.54 Å². The summed E-state index contributed by atoms with van der Waals surface area (Å²) in [6.45, 7) is 0.285. The quantitative estimate of drug-likeness (QED) is 0.947. The third kappa shape index (κ3) is 3.02. The van der Waals surface area contributed by atoms with E-state index in [1.807, 2.05) is 6.07 Å². The summed E-state index contributed by atoms with van der Waals surface area (Å²) >= 11 is 3.28. The fourth-order valence-electron chi connectivity index (χ4n) is 1.38. The molecule has 90 valence electrons. The first-order valence-electron chi connectivity index (χ1n) is 5.09. The summed E-state index contributed by atoms with van der Waals surface area (Å²) in [6.07, 6.45) is 1.29. The van der Waals surface area contributed by atoms with Crippen molar-refractivity contribution in [1.29, 1.82) is 5.26 Å². The average Bonchev–Trinajstić information content (AvgIpc) is 2.40. The predicted molar refractivity (Wildman–Crippen MR) is 68.2 cm³/mol. The minimum absolute atomic E-state index is 0.266. The van der Waals surface area contributed by atoms with Gasteiger partial charge in [0.05, 0.1) is 0 Å². The van der Waals surface area contributed by atoms with Crippen LogP contribution in [0.2, 0.25) is 0 Å². The lowest BCUT2D eigenvalue weighted by Crippen LogP contribution is -2.04. The summed E-state index contributed by atoms with van der Waals surface area (Å²) in [5, 5.41) is 11.6. The minimum atomic E-state index is -0.291. The highest BCUT2D eigenvalue weighted by atomic mass is 79.9. The highest BCUT2D eigenvalue weighted by Gasteiger charge is 2.03. The molecule has 1 heterocycles. The molecule has 1 N–H and O–H groups in total. The molecule has 0 saturated carbocycles. The molecule has 0 aliphatic rings. The number of nitrogens with one attached hydrogen (secondary N) is 1. The van der Waals surface area contributed by atoms with Gasteiger partial charge in [0.2, 0.25) is 0 Å². The zero-order chi connectivity index (χ0) is 13.0. The van der Waals surface area contributed by atoms with E-state index < -0.39 is 0 Å². The topological polar surface area (TPSA) is 61.6 Å². The van der Waals surface area contributed by atoms with Crippen LogP contribution >= 0.6 is 15.9 Å². The second kappa shape index (κ2) is 5.56. The summed E-state index contributed by atoms with van der Waals surface area (Å²) in [5.41, 5.74) is 0.781. The lowest BCUT2D eigenvalue weighted by Gasteiger charge is -2.07. The van der Waals surface area contributed by atoms with E-state index in [-0.39, 0.29) is 18.1 Å². The van der Waals surface area contributed by atoms with Crippen molar-refractivity contribution in [2.45, 2.75) is 6.54 Å². The molecule has 0 saturated heterocycles. The van der Waals surface area contributed by atoms with Gasteiger partial charge in [0.1, 0.15) is 29.7 Å². The van der Waals surface area contributed by atoms with Gasteiger partial charge in [0, 0.05) is 22.6 Å². The predicted octanol–water partition coefficient (Wildman–Crippen LogP) is 2.86. The fourth-order valence-corrected chi connectivity index (χ4v) is 1.79. The average molecular weight is 307 g/mol. The third-order valence-electron chi connectivity index (χ3n) is 2.25. The Bertz CT molecular complexity index is 609. The van der Waals surface area contributed by atoms with Gasteiger partial charge in [-0.05, 0) is 18.2 Å². The van der Waals surface area contributed by atoms with Crippen LogP contribution in [0.4, 0.5) is 10.2 Å². The van der Waals surface area contributed by atoms with E-state index in [0.29, 0.717) is 11.4 Å². The maximum Gasteiger partial charge on any atom is 0.145 e. The smallest absolute Gasteiger partial charge is 0.145 e. The maximum absolute atomic E-state index is 13.5. The Labute approximate surface area is 112 Å². The number of benzene rings is 1. The molecule has 18 heavy (non-hydrogen) atoms. The Hall–Kier alpha value is -2.00. The van der Waals surface area contributed by atoms with Crippen LogP contribution in [0.25, 0.3) is 0 Å². The molecule has 6 heteroatoms. The first-order valence-corrected chi connectivity index (χ1v) is 5.88. The van der Waals surface area contributed by atoms with E-state index >= 15 is 0 Å². The molecule has 4 nitrogen and oxygen atoms in total. The van der Waals surface area contributed by atoms with Crippen LogP contribution in [0, 0.1) is 17.1 Å². The van der Waals surface area contributed by atoms with Gasteiger partial charge in [-0.25, -0.2) is 14.4 Å². The molecule has 0 fully saturated rings. The Kier molecular flexibility index (Phi) is 3.85. The molecule has 0 atom stereocenters. The van der Waals surface area contributed by atoms with Crippen LogP contribution in [-0.4, -0.2) is 9.97 Å². The highest BCUT2D eigenvalue weighted by molar-refractivity contribution is 9.10.